The van der Waals surface area contributed by atoms with Gasteiger partial charge in [0.05, 0.1) is 0 Å². The van der Waals surface area contributed by atoms with E-state index in [0.29, 0.717) is 18.1 Å². The number of para-hydroxylation sites is 1. The molecule has 0 unspecified atom stereocenters. The second-order valence-electron chi connectivity index (χ2n) is 6.10. The van der Waals surface area contributed by atoms with E-state index in [0.717, 1.165) is 11.3 Å². The standard InChI is InChI=1S/C22H20ClN3O2/c1-2-26(18-7-4-3-5-8-18)22(28)20-10-6-9-19(25-20)21(27)24-15-16-11-13-17(23)14-12-16/h3-14H,2,15H2,1H3,(H,24,27). The zero-order valence-corrected chi connectivity index (χ0v) is 16.2. The van der Waals surface area contributed by atoms with Crippen molar-refractivity contribution in [2.45, 2.75) is 13.5 Å². The first kappa shape index (κ1) is 19.6. The van der Waals surface area contributed by atoms with Crippen LogP contribution in [0.4, 0.5) is 5.69 Å². The van der Waals surface area contributed by atoms with E-state index in [4.69, 9.17) is 11.6 Å². The number of halogens is 1. The number of nitrogens with zero attached hydrogens (tertiary/aromatic N) is 2. The Kier molecular flexibility index (Phi) is 6.40. The summed E-state index contributed by atoms with van der Waals surface area (Å²) in [6, 6.07) is 21.5. The van der Waals surface area contributed by atoms with E-state index in [9.17, 15) is 9.59 Å². The highest BCUT2D eigenvalue weighted by Gasteiger charge is 2.18. The first-order chi connectivity index (χ1) is 13.6. The van der Waals surface area contributed by atoms with E-state index in [1.54, 1.807) is 35.2 Å². The average Bonchev–Trinajstić information content (AvgIpc) is 2.74. The summed E-state index contributed by atoms with van der Waals surface area (Å²) in [6.07, 6.45) is 0. The molecule has 0 saturated heterocycles. The SMILES string of the molecule is CCN(C(=O)c1cccc(C(=O)NCc2ccc(Cl)cc2)n1)c1ccccc1. The van der Waals surface area contributed by atoms with Gasteiger partial charge in [-0.3, -0.25) is 9.59 Å². The Morgan fingerprint density at radius 3 is 2.29 bits per heavy atom. The lowest BCUT2D eigenvalue weighted by molar-refractivity contribution is 0.0945. The third-order valence-corrected chi connectivity index (χ3v) is 4.45. The van der Waals surface area contributed by atoms with Gasteiger partial charge < -0.3 is 10.2 Å². The molecule has 0 radical (unpaired) electrons. The fourth-order valence-corrected chi connectivity index (χ4v) is 2.87. The number of hydrogen-bond donors (Lipinski definition) is 1. The molecule has 0 atom stereocenters. The van der Waals surface area contributed by atoms with Crippen LogP contribution in [0.1, 0.15) is 33.5 Å². The summed E-state index contributed by atoms with van der Waals surface area (Å²) in [5.74, 6) is -0.589. The molecule has 0 aliphatic rings. The number of rotatable bonds is 6. The van der Waals surface area contributed by atoms with E-state index in [1.807, 2.05) is 49.4 Å². The van der Waals surface area contributed by atoms with Gasteiger partial charge in [0.2, 0.25) is 0 Å². The molecule has 142 valence electrons. The number of benzene rings is 2. The molecule has 6 heteroatoms. The number of carbonyl (C=O) groups is 2. The second kappa shape index (κ2) is 9.15. The fraction of sp³-hybridized carbons (Fsp3) is 0.136. The number of aromatic nitrogens is 1. The van der Waals surface area contributed by atoms with Gasteiger partial charge in [-0.15, -0.1) is 0 Å². The summed E-state index contributed by atoms with van der Waals surface area (Å²) in [6.45, 7) is 2.74. The van der Waals surface area contributed by atoms with Crippen molar-refractivity contribution in [3.05, 3.63) is 94.8 Å². The minimum atomic E-state index is -0.340. The van der Waals surface area contributed by atoms with Crippen LogP contribution in [0.15, 0.2) is 72.8 Å². The normalized spacial score (nSPS) is 10.4. The van der Waals surface area contributed by atoms with Crippen LogP contribution in [0.2, 0.25) is 5.02 Å². The molecule has 3 rings (SSSR count). The molecular weight excluding hydrogens is 374 g/mol. The Balaban J connectivity index is 1.72. The quantitative estimate of drug-likeness (QED) is 0.677. The molecule has 3 aromatic rings. The Morgan fingerprint density at radius 1 is 0.929 bits per heavy atom. The van der Waals surface area contributed by atoms with Crippen LogP contribution < -0.4 is 10.2 Å². The van der Waals surface area contributed by atoms with E-state index in [1.165, 1.54) is 0 Å². The minimum Gasteiger partial charge on any atom is -0.347 e. The molecule has 0 bridgehead atoms. The first-order valence-corrected chi connectivity index (χ1v) is 9.33. The van der Waals surface area contributed by atoms with Crippen LogP contribution in [-0.2, 0) is 6.54 Å². The third-order valence-electron chi connectivity index (χ3n) is 4.20. The van der Waals surface area contributed by atoms with E-state index in [2.05, 4.69) is 10.3 Å². The van der Waals surface area contributed by atoms with Gasteiger partial charge in [0.25, 0.3) is 11.8 Å². The van der Waals surface area contributed by atoms with E-state index in [-0.39, 0.29) is 23.2 Å². The van der Waals surface area contributed by atoms with Crippen LogP contribution in [-0.4, -0.2) is 23.3 Å². The van der Waals surface area contributed by atoms with Crippen molar-refractivity contribution in [3.8, 4) is 0 Å². The van der Waals surface area contributed by atoms with Gasteiger partial charge in [-0.05, 0) is 48.9 Å². The maximum Gasteiger partial charge on any atom is 0.276 e. The molecule has 0 aliphatic carbocycles. The molecule has 28 heavy (non-hydrogen) atoms. The lowest BCUT2D eigenvalue weighted by atomic mass is 10.2. The molecule has 2 amide bonds. The van der Waals surface area contributed by atoms with Crippen LogP contribution in [0.25, 0.3) is 0 Å². The number of nitrogens with one attached hydrogen (secondary N) is 1. The molecule has 1 aromatic heterocycles. The molecule has 5 nitrogen and oxygen atoms in total. The molecule has 1 N–H and O–H groups in total. The highest BCUT2D eigenvalue weighted by Crippen LogP contribution is 2.16. The molecule has 0 saturated carbocycles. The highest BCUT2D eigenvalue weighted by molar-refractivity contribution is 6.30. The third kappa shape index (κ3) is 4.75. The van der Waals surface area contributed by atoms with Gasteiger partial charge in [0, 0.05) is 23.8 Å². The predicted molar refractivity (Wildman–Crippen MR) is 111 cm³/mol. The van der Waals surface area contributed by atoms with Crippen LogP contribution >= 0.6 is 11.6 Å². The maximum absolute atomic E-state index is 12.9. The van der Waals surface area contributed by atoms with Crippen molar-refractivity contribution in [1.82, 2.24) is 10.3 Å². The van der Waals surface area contributed by atoms with Crippen LogP contribution in [0.3, 0.4) is 0 Å². The van der Waals surface area contributed by atoms with E-state index >= 15 is 0 Å². The zero-order valence-electron chi connectivity index (χ0n) is 15.4. The Morgan fingerprint density at radius 2 is 1.61 bits per heavy atom. The van der Waals surface area contributed by atoms with Gasteiger partial charge >= 0.3 is 0 Å². The van der Waals surface area contributed by atoms with Gasteiger partial charge in [-0.2, -0.15) is 0 Å². The van der Waals surface area contributed by atoms with Crippen molar-refractivity contribution in [1.29, 1.82) is 0 Å². The number of amides is 2. The molecule has 0 fully saturated rings. The number of anilines is 1. The number of carbonyl (C=O) groups excluding carboxylic acids is 2. The number of pyridine rings is 1. The highest BCUT2D eigenvalue weighted by atomic mass is 35.5. The van der Waals surface area contributed by atoms with Crippen molar-refractivity contribution in [2.75, 3.05) is 11.4 Å². The summed E-state index contributed by atoms with van der Waals surface area (Å²) in [5, 5.41) is 3.45. The molecule has 0 aliphatic heterocycles. The number of hydrogen-bond acceptors (Lipinski definition) is 3. The summed E-state index contributed by atoms with van der Waals surface area (Å²) >= 11 is 5.87. The summed E-state index contributed by atoms with van der Waals surface area (Å²) in [7, 11) is 0. The smallest absolute Gasteiger partial charge is 0.276 e. The zero-order chi connectivity index (χ0) is 19.9. The summed E-state index contributed by atoms with van der Waals surface area (Å²) in [5.41, 5.74) is 2.13. The van der Waals surface area contributed by atoms with E-state index < -0.39 is 0 Å². The predicted octanol–water partition coefficient (Wildman–Crippen LogP) is 4.33. The van der Waals surface area contributed by atoms with Crippen molar-refractivity contribution < 1.29 is 9.59 Å². The van der Waals surface area contributed by atoms with Crippen molar-refractivity contribution >= 4 is 29.1 Å². The molecule has 1 heterocycles. The van der Waals surface area contributed by atoms with Gasteiger partial charge in [-0.25, -0.2) is 4.98 Å². The van der Waals surface area contributed by atoms with Gasteiger partial charge in [0.15, 0.2) is 0 Å². The monoisotopic (exact) mass is 393 g/mol. The summed E-state index contributed by atoms with van der Waals surface area (Å²) in [4.78, 5) is 31.2. The lowest BCUT2D eigenvalue weighted by Crippen LogP contribution is -2.32. The van der Waals surface area contributed by atoms with Crippen LogP contribution in [0, 0.1) is 0 Å². The minimum absolute atomic E-state index is 0.198. The summed E-state index contributed by atoms with van der Waals surface area (Å²) < 4.78 is 0. The van der Waals surface area contributed by atoms with Gasteiger partial charge in [0.1, 0.15) is 11.4 Å². The van der Waals surface area contributed by atoms with Crippen molar-refractivity contribution in [3.63, 3.8) is 0 Å². The maximum atomic E-state index is 12.9. The lowest BCUT2D eigenvalue weighted by Gasteiger charge is -2.20. The van der Waals surface area contributed by atoms with Crippen molar-refractivity contribution in [2.24, 2.45) is 0 Å². The van der Waals surface area contributed by atoms with Crippen LogP contribution in [0.5, 0.6) is 0 Å². The first-order valence-electron chi connectivity index (χ1n) is 8.95. The van der Waals surface area contributed by atoms with Gasteiger partial charge in [-0.1, -0.05) is 48.0 Å². The molecule has 0 spiro atoms. The topological polar surface area (TPSA) is 62.3 Å². The second-order valence-corrected chi connectivity index (χ2v) is 6.54. The largest absolute Gasteiger partial charge is 0.347 e. The Hall–Kier alpha value is -3.18. The average molecular weight is 394 g/mol. The molecular formula is C22H20ClN3O2. The molecule has 2 aromatic carbocycles. The Labute approximate surface area is 169 Å². The Bertz CT molecular complexity index is 959. The fourth-order valence-electron chi connectivity index (χ4n) is 2.75.